The lowest BCUT2D eigenvalue weighted by atomic mass is 10.00. The Kier molecular flexibility index (Phi) is 6.30. The number of halogens is 2. The molecule has 1 amide bonds. The van der Waals surface area contributed by atoms with Gasteiger partial charge in [0.25, 0.3) is 5.91 Å². The fraction of sp³-hybridized carbons (Fsp3) is 0.333. The summed E-state index contributed by atoms with van der Waals surface area (Å²) in [6, 6.07) is 13.0. The first-order valence-electron chi connectivity index (χ1n) is 10.6. The van der Waals surface area contributed by atoms with Crippen LogP contribution in [0.15, 0.2) is 48.5 Å². The van der Waals surface area contributed by atoms with Crippen LogP contribution in [0.1, 0.15) is 32.6 Å². The molecule has 7 heteroatoms. The van der Waals surface area contributed by atoms with Crippen molar-refractivity contribution < 1.29 is 18.3 Å². The predicted octanol–water partition coefficient (Wildman–Crippen LogP) is 5.30. The van der Waals surface area contributed by atoms with E-state index in [4.69, 9.17) is 9.72 Å². The van der Waals surface area contributed by atoms with Crippen molar-refractivity contribution in [3.05, 3.63) is 60.2 Å². The van der Waals surface area contributed by atoms with Gasteiger partial charge in [-0.05, 0) is 56.0 Å². The molecule has 0 bridgehead atoms. The Balaban J connectivity index is 1.51. The standard InChI is InChI=1S/C24H25F2N3O2/c1-2-18-7-3-4-13-29(18)22-12-9-16-6-5-8-21(24(16)28-22)31-15-23(30)27-20-11-10-17(25)14-19(20)26/h5-6,8-12,14,18H,2-4,7,13,15H2,1H3,(H,27,30). The average Bonchev–Trinajstić information content (AvgIpc) is 2.79. The molecule has 1 aromatic heterocycles. The number of anilines is 2. The highest BCUT2D eigenvalue weighted by Crippen LogP contribution is 2.30. The number of nitrogens with one attached hydrogen (secondary N) is 1. The van der Waals surface area contributed by atoms with E-state index in [-0.39, 0.29) is 12.3 Å². The second-order valence-electron chi connectivity index (χ2n) is 7.71. The quantitative estimate of drug-likeness (QED) is 0.582. The number of rotatable bonds is 6. The molecular weight excluding hydrogens is 400 g/mol. The highest BCUT2D eigenvalue weighted by Gasteiger charge is 2.22. The second kappa shape index (κ2) is 9.29. The maximum atomic E-state index is 13.8. The van der Waals surface area contributed by atoms with Crippen LogP contribution in [-0.2, 0) is 4.79 Å². The van der Waals surface area contributed by atoms with Crippen molar-refractivity contribution in [1.29, 1.82) is 0 Å². The largest absolute Gasteiger partial charge is 0.481 e. The number of carbonyl (C=O) groups excluding carboxylic acids is 1. The lowest BCUT2D eigenvalue weighted by molar-refractivity contribution is -0.118. The molecule has 5 nitrogen and oxygen atoms in total. The smallest absolute Gasteiger partial charge is 0.262 e. The third kappa shape index (κ3) is 4.76. The number of amides is 1. The summed E-state index contributed by atoms with van der Waals surface area (Å²) in [4.78, 5) is 19.4. The lowest BCUT2D eigenvalue weighted by Gasteiger charge is -2.36. The molecule has 1 fully saturated rings. The number of para-hydroxylation sites is 1. The summed E-state index contributed by atoms with van der Waals surface area (Å²) in [5.74, 6) is -0.687. The van der Waals surface area contributed by atoms with E-state index in [2.05, 4.69) is 17.1 Å². The van der Waals surface area contributed by atoms with Gasteiger partial charge in [-0.25, -0.2) is 13.8 Å². The fourth-order valence-corrected chi connectivity index (χ4v) is 4.03. The van der Waals surface area contributed by atoms with Gasteiger partial charge in [-0.1, -0.05) is 19.1 Å². The molecule has 31 heavy (non-hydrogen) atoms. The highest BCUT2D eigenvalue weighted by atomic mass is 19.1. The van der Waals surface area contributed by atoms with Gasteiger partial charge in [0.2, 0.25) is 0 Å². The number of piperidine rings is 1. The third-order valence-electron chi connectivity index (χ3n) is 5.63. The summed E-state index contributed by atoms with van der Waals surface area (Å²) in [7, 11) is 0. The number of hydrogen-bond acceptors (Lipinski definition) is 4. The van der Waals surface area contributed by atoms with Gasteiger partial charge in [-0.15, -0.1) is 0 Å². The molecular formula is C24H25F2N3O2. The number of fused-ring (bicyclic) bond motifs is 1. The molecule has 4 rings (SSSR count). The van der Waals surface area contributed by atoms with Crippen molar-refractivity contribution in [1.82, 2.24) is 4.98 Å². The van der Waals surface area contributed by atoms with Gasteiger partial charge in [-0.3, -0.25) is 4.79 Å². The first kappa shape index (κ1) is 21.0. The summed E-state index contributed by atoms with van der Waals surface area (Å²) in [5.41, 5.74) is 0.588. The van der Waals surface area contributed by atoms with Crippen molar-refractivity contribution in [2.24, 2.45) is 0 Å². The normalized spacial score (nSPS) is 16.4. The molecule has 0 saturated carbocycles. The average molecular weight is 425 g/mol. The minimum absolute atomic E-state index is 0.0935. The van der Waals surface area contributed by atoms with E-state index in [1.807, 2.05) is 24.3 Å². The molecule has 1 unspecified atom stereocenters. The SMILES string of the molecule is CCC1CCCCN1c1ccc2cccc(OCC(=O)Nc3ccc(F)cc3F)c2n1. The van der Waals surface area contributed by atoms with Gasteiger partial charge in [0.1, 0.15) is 28.7 Å². The summed E-state index contributed by atoms with van der Waals surface area (Å²) in [6.45, 7) is 2.86. The van der Waals surface area contributed by atoms with Crippen molar-refractivity contribution in [2.45, 2.75) is 38.6 Å². The molecule has 2 heterocycles. The van der Waals surface area contributed by atoms with E-state index in [1.54, 1.807) is 6.07 Å². The molecule has 0 spiro atoms. The van der Waals surface area contributed by atoms with Crippen molar-refractivity contribution in [3.63, 3.8) is 0 Å². The Morgan fingerprint density at radius 3 is 2.87 bits per heavy atom. The van der Waals surface area contributed by atoms with Gasteiger partial charge in [0.15, 0.2) is 6.61 Å². The van der Waals surface area contributed by atoms with E-state index in [9.17, 15) is 13.6 Å². The molecule has 1 aliphatic heterocycles. The zero-order valence-electron chi connectivity index (χ0n) is 17.4. The first-order valence-corrected chi connectivity index (χ1v) is 10.6. The number of aromatic nitrogens is 1. The number of carbonyl (C=O) groups is 1. The van der Waals surface area contributed by atoms with Crippen LogP contribution in [0.5, 0.6) is 5.75 Å². The van der Waals surface area contributed by atoms with Crippen LogP contribution < -0.4 is 15.0 Å². The van der Waals surface area contributed by atoms with Gasteiger partial charge in [0.05, 0.1) is 5.69 Å². The molecule has 3 aromatic rings. The highest BCUT2D eigenvalue weighted by molar-refractivity contribution is 5.92. The number of pyridine rings is 1. The molecule has 1 atom stereocenters. The maximum absolute atomic E-state index is 13.8. The zero-order valence-corrected chi connectivity index (χ0v) is 17.4. The Bertz CT molecular complexity index is 1090. The van der Waals surface area contributed by atoms with Gasteiger partial charge in [-0.2, -0.15) is 0 Å². The summed E-state index contributed by atoms with van der Waals surface area (Å²) >= 11 is 0. The van der Waals surface area contributed by atoms with Crippen LogP contribution in [0.25, 0.3) is 10.9 Å². The number of nitrogens with zero attached hydrogens (tertiary/aromatic N) is 2. The predicted molar refractivity (Wildman–Crippen MR) is 118 cm³/mol. The lowest BCUT2D eigenvalue weighted by Crippen LogP contribution is -2.39. The van der Waals surface area contributed by atoms with Crippen LogP contribution in [0, 0.1) is 11.6 Å². The van der Waals surface area contributed by atoms with Crippen molar-refractivity contribution in [2.75, 3.05) is 23.4 Å². The van der Waals surface area contributed by atoms with Gasteiger partial charge >= 0.3 is 0 Å². The van der Waals surface area contributed by atoms with E-state index in [0.29, 0.717) is 17.3 Å². The van der Waals surface area contributed by atoms with Gasteiger partial charge < -0.3 is 15.0 Å². The molecule has 1 N–H and O–H groups in total. The molecule has 0 radical (unpaired) electrons. The Morgan fingerprint density at radius 1 is 1.19 bits per heavy atom. The van der Waals surface area contributed by atoms with Crippen LogP contribution in [-0.4, -0.2) is 30.1 Å². The number of benzene rings is 2. The topological polar surface area (TPSA) is 54.5 Å². The van der Waals surface area contributed by atoms with Gasteiger partial charge in [0, 0.05) is 24.0 Å². The van der Waals surface area contributed by atoms with E-state index in [0.717, 1.165) is 49.1 Å². The van der Waals surface area contributed by atoms with Crippen LogP contribution in [0.2, 0.25) is 0 Å². The molecule has 0 aliphatic carbocycles. The maximum Gasteiger partial charge on any atom is 0.262 e. The Morgan fingerprint density at radius 2 is 2.06 bits per heavy atom. The zero-order chi connectivity index (χ0) is 21.8. The van der Waals surface area contributed by atoms with Crippen LogP contribution in [0.3, 0.4) is 0 Å². The monoisotopic (exact) mass is 425 g/mol. The summed E-state index contributed by atoms with van der Waals surface area (Å²) in [6.07, 6.45) is 4.61. The number of ether oxygens (including phenoxy) is 1. The summed E-state index contributed by atoms with van der Waals surface area (Å²) in [5, 5.41) is 3.31. The fourth-order valence-electron chi connectivity index (χ4n) is 4.03. The Labute approximate surface area is 180 Å². The van der Waals surface area contributed by atoms with E-state index < -0.39 is 17.5 Å². The van der Waals surface area contributed by atoms with E-state index >= 15 is 0 Å². The van der Waals surface area contributed by atoms with E-state index in [1.165, 1.54) is 12.5 Å². The first-order chi connectivity index (χ1) is 15.0. The minimum Gasteiger partial charge on any atom is -0.481 e. The summed E-state index contributed by atoms with van der Waals surface area (Å²) < 4.78 is 32.5. The number of hydrogen-bond donors (Lipinski definition) is 1. The van der Waals surface area contributed by atoms with Crippen molar-refractivity contribution in [3.8, 4) is 5.75 Å². The minimum atomic E-state index is -0.836. The van der Waals surface area contributed by atoms with Crippen molar-refractivity contribution >= 4 is 28.3 Å². The Hall–Kier alpha value is -3.22. The molecule has 1 saturated heterocycles. The molecule has 1 aliphatic rings. The molecule has 2 aromatic carbocycles. The second-order valence-corrected chi connectivity index (χ2v) is 7.71. The third-order valence-corrected chi connectivity index (χ3v) is 5.63. The molecule has 162 valence electrons. The van der Waals surface area contributed by atoms with Crippen LogP contribution >= 0.6 is 0 Å². The van der Waals surface area contributed by atoms with Crippen LogP contribution in [0.4, 0.5) is 20.3 Å².